The summed E-state index contributed by atoms with van der Waals surface area (Å²) in [6.45, 7) is 0. The Kier molecular flexibility index (Phi) is 7.21. The van der Waals surface area contributed by atoms with Gasteiger partial charge in [0.25, 0.3) is 0 Å². The second-order valence-electron chi connectivity index (χ2n) is 18.2. The van der Waals surface area contributed by atoms with Crippen LogP contribution in [0.2, 0.25) is 0 Å². The third kappa shape index (κ3) is 4.54. The molecule has 0 unspecified atom stereocenters. The van der Waals surface area contributed by atoms with Crippen molar-refractivity contribution in [3.63, 3.8) is 0 Å². The van der Waals surface area contributed by atoms with Crippen LogP contribution in [0.25, 0.3) is 115 Å². The van der Waals surface area contributed by atoms with Crippen LogP contribution in [-0.4, -0.2) is 4.57 Å². The van der Waals surface area contributed by atoms with Crippen molar-refractivity contribution in [3.8, 4) is 50.2 Å². The third-order valence-corrected chi connectivity index (χ3v) is 15.2. The number of benzene rings is 12. The minimum atomic E-state index is -0.516. The van der Waals surface area contributed by atoms with Crippen LogP contribution in [0.4, 0.5) is 0 Å². The molecule has 0 saturated heterocycles. The number of hydrogen-bond donors (Lipinski definition) is 0. The molecule has 0 amide bonds. The topological polar surface area (TPSA) is 4.93 Å². The van der Waals surface area contributed by atoms with Crippen molar-refractivity contribution in [2.24, 2.45) is 0 Å². The second-order valence-corrected chi connectivity index (χ2v) is 18.2. The molecule has 0 fully saturated rings. The van der Waals surface area contributed by atoms with E-state index in [2.05, 4.69) is 241 Å². The van der Waals surface area contributed by atoms with E-state index in [9.17, 15) is 0 Å². The van der Waals surface area contributed by atoms with Gasteiger partial charge in [0.2, 0.25) is 0 Å². The fourth-order valence-electron chi connectivity index (χ4n) is 12.7. The Morgan fingerprint density at radius 1 is 0.273 bits per heavy atom. The highest BCUT2D eigenvalue weighted by atomic mass is 15.0. The van der Waals surface area contributed by atoms with Crippen molar-refractivity contribution in [2.75, 3.05) is 0 Å². The van der Waals surface area contributed by atoms with Gasteiger partial charge in [-0.25, -0.2) is 0 Å². The van der Waals surface area contributed by atoms with Crippen LogP contribution in [0.5, 0.6) is 0 Å². The second kappa shape index (κ2) is 13.3. The zero-order valence-electron chi connectivity index (χ0n) is 36.0. The summed E-state index contributed by atoms with van der Waals surface area (Å²) < 4.78 is 2.40. The van der Waals surface area contributed by atoms with Crippen LogP contribution in [0, 0.1) is 0 Å². The standard InChI is InChI=1S/C65H39N/c1-2-19-42(20-3-1)66-59-33-17-14-25-47(59)54-38-41(35-37-60(54)66)61-49-27-8-10-29-51(49)62(52-30-11-9-28-50(52)61)55-39-58-63(48-26-7-6-22-44(48)55)53-36-34-40-18-4-5-21-43(40)64(53)65(58)56-31-15-12-23-45(56)46-24-13-16-32-57(46)65/h1-39H. The summed E-state index contributed by atoms with van der Waals surface area (Å²) in [7, 11) is 0. The normalized spacial score (nSPS) is 13.3. The molecule has 1 nitrogen and oxygen atoms in total. The van der Waals surface area contributed by atoms with E-state index in [1.165, 1.54) is 137 Å². The van der Waals surface area contributed by atoms with E-state index >= 15 is 0 Å². The monoisotopic (exact) mass is 833 g/mol. The molecule has 66 heavy (non-hydrogen) atoms. The van der Waals surface area contributed by atoms with Gasteiger partial charge in [-0.3, -0.25) is 0 Å². The van der Waals surface area contributed by atoms with Gasteiger partial charge in [0.1, 0.15) is 0 Å². The number of hydrogen-bond acceptors (Lipinski definition) is 0. The Balaban J connectivity index is 1.06. The fourth-order valence-corrected chi connectivity index (χ4v) is 12.7. The molecular formula is C65H39N. The molecule has 1 spiro atoms. The highest BCUT2D eigenvalue weighted by molar-refractivity contribution is 6.26. The van der Waals surface area contributed by atoms with Crippen molar-refractivity contribution in [1.29, 1.82) is 0 Å². The number of fused-ring (bicyclic) bond motifs is 19. The third-order valence-electron chi connectivity index (χ3n) is 15.2. The highest BCUT2D eigenvalue weighted by Crippen LogP contribution is 2.66. The average Bonchev–Trinajstić information content (AvgIpc) is 3.99. The Hall–Kier alpha value is -8.52. The van der Waals surface area contributed by atoms with Gasteiger partial charge >= 0.3 is 0 Å². The molecule has 1 heterocycles. The van der Waals surface area contributed by atoms with Gasteiger partial charge in [0.15, 0.2) is 0 Å². The molecule has 12 aromatic carbocycles. The first kappa shape index (κ1) is 35.9. The van der Waals surface area contributed by atoms with E-state index in [0.717, 1.165) is 0 Å². The van der Waals surface area contributed by atoms with Gasteiger partial charge in [-0.05, 0) is 146 Å². The summed E-state index contributed by atoms with van der Waals surface area (Å²) in [5.41, 5.74) is 18.9. The number of aromatic nitrogens is 1. The highest BCUT2D eigenvalue weighted by Gasteiger charge is 2.53. The molecule has 0 radical (unpaired) electrons. The van der Waals surface area contributed by atoms with Crippen LogP contribution in [0.1, 0.15) is 22.3 Å². The van der Waals surface area contributed by atoms with Gasteiger partial charge in [0.05, 0.1) is 16.4 Å². The molecule has 304 valence electrons. The molecule has 1 heteroatoms. The predicted octanol–water partition coefficient (Wildman–Crippen LogP) is 17.1. The van der Waals surface area contributed by atoms with Gasteiger partial charge in [-0.1, -0.05) is 200 Å². The van der Waals surface area contributed by atoms with Crippen molar-refractivity contribution in [1.82, 2.24) is 4.57 Å². The lowest BCUT2D eigenvalue weighted by Gasteiger charge is -2.32. The maximum atomic E-state index is 2.61. The minimum Gasteiger partial charge on any atom is -0.309 e. The van der Waals surface area contributed by atoms with Crippen molar-refractivity contribution >= 4 is 64.9 Å². The van der Waals surface area contributed by atoms with Crippen molar-refractivity contribution in [3.05, 3.63) is 259 Å². The van der Waals surface area contributed by atoms with Gasteiger partial charge in [-0.2, -0.15) is 0 Å². The van der Waals surface area contributed by atoms with Gasteiger partial charge in [-0.15, -0.1) is 0 Å². The zero-order chi connectivity index (χ0) is 43.1. The number of rotatable bonds is 3. The van der Waals surface area contributed by atoms with Crippen LogP contribution >= 0.6 is 0 Å². The lowest BCUT2D eigenvalue weighted by atomic mass is 9.68. The van der Waals surface area contributed by atoms with E-state index in [4.69, 9.17) is 0 Å². The number of nitrogens with zero attached hydrogens (tertiary/aromatic N) is 1. The molecule has 1 aromatic heterocycles. The largest absolute Gasteiger partial charge is 0.309 e. The predicted molar refractivity (Wildman–Crippen MR) is 278 cm³/mol. The first-order chi connectivity index (χ1) is 32.8. The van der Waals surface area contributed by atoms with Crippen LogP contribution in [0.3, 0.4) is 0 Å². The summed E-state index contributed by atoms with van der Waals surface area (Å²) in [6.07, 6.45) is 0. The molecule has 0 bridgehead atoms. The minimum absolute atomic E-state index is 0.516. The molecule has 15 rings (SSSR count). The average molecular weight is 834 g/mol. The molecule has 13 aromatic rings. The van der Waals surface area contributed by atoms with Crippen molar-refractivity contribution in [2.45, 2.75) is 5.41 Å². The van der Waals surface area contributed by atoms with Crippen LogP contribution in [0.15, 0.2) is 237 Å². The summed E-state index contributed by atoms with van der Waals surface area (Å²) in [6, 6.07) is 89.0. The van der Waals surface area contributed by atoms with E-state index in [0.29, 0.717) is 0 Å². The summed E-state index contributed by atoms with van der Waals surface area (Å²) >= 11 is 0. The molecule has 2 aliphatic carbocycles. The van der Waals surface area contributed by atoms with Crippen molar-refractivity contribution < 1.29 is 0 Å². The molecule has 2 aliphatic rings. The lowest BCUT2D eigenvalue weighted by molar-refractivity contribution is 0.802. The molecular weight excluding hydrogens is 795 g/mol. The number of para-hydroxylation sites is 2. The Morgan fingerprint density at radius 2 is 0.788 bits per heavy atom. The van der Waals surface area contributed by atoms with Crippen LogP contribution < -0.4 is 0 Å². The zero-order valence-corrected chi connectivity index (χ0v) is 36.0. The SMILES string of the molecule is c1ccc(-n2c3ccccc3c3cc(-c4c5ccccc5c(-c5cc6c(c7ccccc57)-c5ccc7ccccc7c5C65c6ccccc6-c6ccccc65)c5ccccc45)ccc32)cc1. The van der Waals surface area contributed by atoms with Crippen LogP contribution in [-0.2, 0) is 5.41 Å². The Morgan fingerprint density at radius 3 is 1.47 bits per heavy atom. The maximum absolute atomic E-state index is 2.61. The van der Waals surface area contributed by atoms with E-state index in [1.807, 2.05) is 0 Å². The van der Waals surface area contributed by atoms with E-state index in [1.54, 1.807) is 0 Å². The summed E-state index contributed by atoms with van der Waals surface area (Å²) in [5, 5.41) is 12.7. The summed E-state index contributed by atoms with van der Waals surface area (Å²) in [4.78, 5) is 0. The molecule has 0 saturated carbocycles. The molecule has 0 atom stereocenters. The summed E-state index contributed by atoms with van der Waals surface area (Å²) in [5.74, 6) is 0. The Bertz CT molecular complexity index is 4120. The first-order valence-electron chi connectivity index (χ1n) is 23.1. The Labute approximate surface area is 382 Å². The van der Waals surface area contributed by atoms with E-state index < -0.39 is 5.41 Å². The van der Waals surface area contributed by atoms with Gasteiger partial charge < -0.3 is 4.57 Å². The maximum Gasteiger partial charge on any atom is 0.0731 e. The lowest BCUT2D eigenvalue weighted by Crippen LogP contribution is -2.26. The quantitative estimate of drug-likeness (QED) is 0.156. The van der Waals surface area contributed by atoms with E-state index in [-0.39, 0.29) is 0 Å². The fraction of sp³-hybridized carbons (Fsp3) is 0.0154. The van der Waals surface area contributed by atoms with Gasteiger partial charge in [0, 0.05) is 16.5 Å². The smallest absolute Gasteiger partial charge is 0.0731 e. The first-order valence-corrected chi connectivity index (χ1v) is 23.1. The molecule has 0 aliphatic heterocycles. The molecule has 0 N–H and O–H groups in total.